The number of carbonyl (C=O) groups excluding carboxylic acids is 1. The van der Waals surface area contributed by atoms with Crippen LogP contribution < -0.4 is 5.32 Å². The van der Waals surface area contributed by atoms with Gasteiger partial charge in [0.15, 0.2) is 0 Å². The summed E-state index contributed by atoms with van der Waals surface area (Å²) in [5.41, 5.74) is 1.11. The van der Waals surface area contributed by atoms with Crippen molar-refractivity contribution in [3.05, 3.63) is 35.4 Å². The predicted octanol–water partition coefficient (Wildman–Crippen LogP) is 2.29. The second-order valence-corrected chi connectivity index (χ2v) is 5.41. The highest BCUT2D eigenvalue weighted by Gasteiger charge is 2.29. The van der Waals surface area contributed by atoms with Gasteiger partial charge in [0.1, 0.15) is 0 Å². The lowest BCUT2D eigenvalue weighted by Gasteiger charge is -2.31. The molecule has 1 aromatic rings. The number of benzene rings is 1. The standard InChI is InChI=1S/C16H23N3O/c1-5-10-19(15(20)16(2,3)18-4)12-14-8-6-13(11-17)7-9-14/h6-9,18H,5,10,12H2,1-4H3. The van der Waals surface area contributed by atoms with Crippen molar-refractivity contribution < 1.29 is 4.79 Å². The molecule has 0 aliphatic rings. The summed E-state index contributed by atoms with van der Waals surface area (Å²) >= 11 is 0. The van der Waals surface area contributed by atoms with Gasteiger partial charge in [-0.2, -0.15) is 5.26 Å². The SMILES string of the molecule is CCCN(Cc1ccc(C#N)cc1)C(=O)C(C)(C)NC. The highest BCUT2D eigenvalue weighted by Crippen LogP contribution is 2.13. The fourth-order valence-electron chi connectivity index (χ4n) is 1.93. The second kappa shape index (κ2) is 7.06. The maximum atomic E-state index is 12.5. The highest BCUT2D eigenvalue weighted by molar-refractivity contribution is 5.85. The monoisotopic (exact) mass is 273 g/mol. The lowest BCUT2D eigenvalue weighted by Crippen LogP contribution is -2.52. The zero-order valence-corrected chi connectivity index (χ0v) is 12.7. The summed E-state index contributed by atoms with van der Waals surface area (Å²) in [5.74, 6) is 0.0891. The molecule has 0 bridgehead atoms. The summed E-state index contributed by atoms with van der Waals surface area (Å²) in [5, 5.41) is 11.8. The number of nitrogens with zero attached hydrogens (tertiary/aromatic N) is 2. The van der Waals surface area contributed by atoms with E-state index in [1.165, 1.54) is 0 Å². The summed E-state index contributed by atoms with van der Waals surface area (Å²) < 4.78 is 0. The van der Waals surface area contributed by atoms with Gasteiger partial charge in [-0.1, -0.05) is 19.1 Å². The topological polar surface area (TPSA) is 56.1 Å². The van der Waals surface area contributed by atoms with E-state index in [1.807, 2.05) is 30.9 Å². The molecule has 1 N–H and O–H groups in total. The third-order valence-electron chi connectivity index (χ3n) is 3.40. The maximum Gasteiger partial charge on any atom is 0.242 e. The number of carbonyl (C=O) groups is 1. The third-order valence-corrected chi connectivity index (χ3v) is 3.40. The Bertz CT molecular complexity index is 485. The van der Waals surface area contributed by atoms with Crippen LogP contribution in [0.3, 0.4) is 0 Å². The van der Waals surface area contributed by atoms with Crippen molar-refractivity contribution in [2.75, 3.05) is 13.6 Å². The van der Waals surface area contributed by atoms with Crippen LogP contribution in [-0.2, 0) is 11.3 Å². The molecule has 0 spiro atoms. The molecule has 0 aliphatic heterocycles. The van der Waals surface area contributed by atoms with Gasteiger partial charge < -0.3 is 10.2 Å². The minimum atomic E-state index is -0.568. The number of rotatable bonds is 6. The maximum absolute atomic E-state index is 12.5. The van der Waals surface area contributed by atoms with E-state index >= 15 is 0 Å². The summed E-state index contributed by atoms with van der Waals surface area (Å²) in [6.45, 7) is 7.13. The lowest BCUT2D eigenvalue weighted by atomic mass is 10.0. The quantitative estimate of drug-likeness (QED) is 0.865. The Morgan fingerprint density at radius 1 is 1.35 bits per heavy atom. The van der Waals surface area contributed by atoms with Gasteiger partial charge >= 0.3 is 0 Å². The fourth-order valence-corrected chi connectivity index (χ4v) is 1.93. The normalized spacial score (nSPS) is 10.9. The van der Waals surface area contributed by atoms with Crippen molar-refractivity contribution in [3.63, 3.8) is 0 Å². The molecular formula is C16H23N3O. The van der Waals surface area contributed by atoms with Gasteiger partial charge in [0.25, 0.3) is 0 Å². The van der Waals surface area contributed by atoms with Crippen molar-refractivity contribution in [1.82, 2.24) is 10.2 Å². The molecular weight excluding hydrogens is 250 g/mol. The minimum absolute atomic E-state index is 0.0891. The number of amides is 1. The van der Waals surface area contributed by atoms with Crippen LogP contribution in [0.4, 0.5) is 0 Å². The third kappa shape index (κ3) is 4.07. The van der Waals surface area contributed by atoms with Crippen molar-refractivity contribution in [2.24, 2.45) is 0 Å². The molecule has 0 saturated heterocycles. The van der Waals surface area contributed by atoms with E-state index in [2.05, 4.69) is 18.3 Å². The zero-order chi connectivity index (χ0) is 15.2. The molecule has 4 nitrogen and oxygen atoms in total. The van der Waals surface area contributed by atoms with Gasteiger partial charge in [-0.25, -0.2) is 0 Å². The number of hydrogen-bond donors (Lipinski definition) is 1. The van der Waals surface area contributed by atoms with Crippen LogP contribution in [0.25, 0.3) is 0 Å². The largest absolute Gasteiger partial charge is 0.337 e. The molecule has 1 aromatic carbocycles. The van der Waals surface area contributed by atoms with Crippen LogP contribution in [0, 0.1) is 11.3 Å². The van der Waals surface area contributed by atoms with Crippen LogP contribution >= 0.6 is 0 Å². The van der Waals surface area contributed by atoms with Crippen molar-refractivity contribution in [2.45, 2.75) is 39.3 Å². The first-order valence-corrected chi connectivity index (χ1v) is 6.92. The van der Waals surface area contributed by atoms with Gasteiger partial charge in [-0.15, -0.1) is 0 Å². The van der Waals surface area contributed by atoms with Crippen LogP contribution in [0.5, 0.6) is 0 Å². The first-order valence-electron chi connectivity index (χ1n) is 6.92. The summed E-state index contributed by atoms with van der Waals surface area (Å²) in [7, 11) is 1.80. The van der Waals surface area contributed by atoms with E-state index in [4.69, 9.17) is 5.26 Å². The first kappa shape index (κ1) is 16.2. The molecule has 0 unspecified atom stereocenters. The summed E-state index contributed by atoms with van der Waals surface area (Å²) in [6.07, 6.45) is 0.918. The van der Waals surface area contributed by atoms with E-state index < -0.39 is 5.54 Å². The highest BCUT2D eigenvalue weighted by atomic mass is 16.2. The molecule has 0 radical (unpaired) electrons. The molecule has 0 fully saturated rings. The van der Waals surface area contributed by atoms with E-state index in [9.17, 15) is 4.79 Å². The van der Waals surface area contributed by atoms with Crippen molar-refractivity contribution in [3.8, 4) is 6.07 Å². The van der Waals surface area contributed by atoms with Crippen molar-refractivity contribution in [1.29, 1.82) is 5.26 Å². The van der Waals surface area contributed by atoms with Gasteiger partial charge in [0.05, 0.1) is 17.2 Å². The zero-order valence-electron chi connectivity index (χ0n) is 12.7. The summed E-state index contributed by atoms with van der Waals surface area (Å²) in [6, 6.07) is 9.48. The van der Waals surface area contributed by atoms with Crippen LogP contribution in [0.15, 0.2) is 24.3 Å². The number of nitrogens with one attached hydrogen (secondary N) is 1. The van der Waals surface area contributed by atoms with Gasteiger partial charge in [-0.3, -0.25) is 4.79 Å². The minimum Gasteiger partial charge on any atom is -0.337 e. The van der Waals surface area contributed by atoms with E-state index in [0.29, 0.717) is 12.1 Å². The number of nitriles is 1. The van der Waals surface area contributed by atoms with E-state index in [1.54, 1.807) is 19.2 Å². The smallest absolute Gasteiger partial charge is 0.242 e. The second-order valence-electron chi connectivity index (χ2n) is 5.41. The average molecular weight is 273 g/mol. The fraction of sp³-hybridized carbons (Fsp3) is 0.500. The molecule has 4 heteroatoms. The molecule has 0 aliphatic carbocycles. The Hall–Kier alpha value is -1.86. The Labute approximate surface area is 121 Å². The molecule has 0 saturated carbocycles. The van der Waals surface area contributed by atoms with E-state index in [-0.39, 0.29) is 5.91 Å². The Morgan fingerprint density at radius 3 is 2.40 bits per heavy atom. The van der Waals surface area contributed by atoms with Gasteiger partial charge in [0, 0.05) is 13.1 Å². The predicted molar refractivity (Wildman–Crippen MR) is 80.0 cm³/mol. The molecule has 0 aromatic heterocycles. The lowest BCUT2D eigenvalue weighted by molar-refractivity contribution is -0.137. The van der Waals surface area contributed by atoms with Crippen molar-refractivity contribution >= 4 is 5.91 Å². The van der Waals surface area contributed by atoms with E-state index in [0.717, 1.165) is 18.5 Å². The molecule has 1 amide bonds. The average Bonchev–Trinajstić information content (AvgIpc) is 2.46. The van der Waals surface area contributed by atoms with Crippen LogP contribution in [0.2, 0.25) is 0 Å². The van der Waals surface area contributed by atoms with Gasteiger partial charge in [0.2, 0.25) is 5.91 Å². The van der Waals surface area contributed by atoms with Gasteiger partial charge in [-0.05, 0) is 45.0 Å². The number of likely N-dealkylation sites (N-methyl/N-ethyl adjacent to an activating group) is 1. The summed E-state index contributed by atoms with van der Waals surface area (Å²) in [4.78, 5) is 14.4. The molecule has 20 heavy (non-hydrogen) atoms. The first-order chi connectivity index (χ1) is 9.44. The molecule has 108 valence electrons. The molecule has 1 rings (SSSR count). The number of hydrogen-bond acceptors (Lipinski definition) is 3. The molecule has 0 atom stereocenters. The Morgan fingerprint density at radius 2 is 1.95 bits per heavy atom. The Kier molecular flexibility index (Phi) is 5.72. The van der Waals surface area contributed by atoms with Crippen LogP contribution in [0.1, 0.15) is 38.3 Å². The van der Waals surface area contributed by atoms with Crippen LogP contribution in [-0.4, -0.2) is 29.9 Å². The molecule has 0 heterocycles. The Balaban J connectivity index is 2.86.